The van der Waals surface area contributed by atoms with Crippen LogP contribution >= 0.6 is 11.6 Å². The predicted octanol–water partition coefficient (Wildman–Crippen LogP) is 5.75. The van der Waals surface area contributed by atoms with Crippen molar-refractivity contribution in [3.8, 4) is 11.3 Å². The zero-order valence-electron chi connectivity index (χ0n) is 23.6. The molecular formula is C31H38ClN3O5S. The Kier molecular flexibility index (Phi) is 8.78. The highest BCUT2D eigenvalue weighted by atomic mass is 35.5. The molecule has 1 aliphatic carbocycles. The zero-order valence-corrected chi connectivity index (χ0v) is 25.2. The molecule has 1 aliphatic heterocycles. The van der Waals surface area contributed by atoms with Gasteiger partial charge in [-0.1, -0.05) is 35.9 Å². The third kappa shape index (κ3) is 6.32. The lowest BCUT2D eigenvalue weighted by Crippen LogP contribution is -2.47. The molecule has 0 unspecified atom stereocenters. The van der Waals surface area contributed by atoms with Gasteiger partial charge < -0.3 is 14.6 Å². The monoisotopic (exact) mass is 599 g/mol. The van der Waals surface area contributed by atoms with Crippen molar-refractivity contribution in [1.29, 1.82) is 0 Å². The molecule has 2 fully saturated rings. The number of hydrogen-bond acceptors (Lipinski definition) is 4. The minimum absolute atomic E-state index is 0.0252. The number of hydrogen-bond donors (Lipinski definition) is 2. The minimum atomic E-state index is -3.77. The number of halogens is 1. The van der Waals surface area contributed by atoms with E-state index in [2.05, 4.69) is 11.6 Å². The van der Waals surface area contributed by atoms with Gasteiger partial charge in [-0.15, -0.1) is 0 Å². The normalized spacial score (nSPS) is 21.7. The number of carboxylic acid groups (broad SMARTS) is 1. The maximum atomic E-state index is 13.4. The van der Waals surface area contributed by atoms with Crippen molar-refractivity contribution < 1.29 is 23.1 Å². The van der Waals surface area contributed by atoms with E-state index in [1.165, 1.54) is 6.42 Å². The molecule has 1 atom stereocenters. The Bertz CT molecular complexity index is 1540. The summed E-state index contributed by atoms with van der Waals surface area (Å²) < 4.78 is 31.6. The van der Waals surface area contributed by atoms with Crippen LogP contribution in [0.25, 0.3) is 22.2 Å². The third-order valence-electron chi connectivity index (χ3n) is 8.76. The molecule has 8 nitrogen and oxygen atoms in total. The van der Waals surface area contributed by atoms with Crippen LogP contribution in [0.2, 0.25) is 5.02 Å². The molecule has 2 aromatic carbocycles. The number of carboxylic acids is 1. The van der Waals surface area contributed by atoms with Gasteiger partial charge in [-0.3, -0.25) is 9.59 Å². The van der Waals surface area contributed by atoms with Crippen LogP contribution in [-0.2, 0) is 33.1 Å². The molecule has 1 saturated heterocycles. The molecule has 1 amide bonds. The fourth-order valence-electron chi connectivity index (χ4n) is 6.34. The van der Waals surface area contributed by atoms with Crippen LogP contribution in [0, 0.1) is 5.92 Å². The van der Waals surface area contributed by atoms with Gasteiger partial charge in [0.1, 0.15) is 0 Å². The number of rotatable bonds is 8. The van der Waals surface area contributed by atoms with E-state index in [1.54, 1.807) is 18.2 Å². The summed E-state index contributed by atoms with van der Waals surface area (Å²) in [5.41, 5.74) is 3.25. The number of fused-ring (bicyclic) bond motifs is 1. The van der Waals surface area contributed by atoms with Crippen LogP contribution < -0.4 is 4.72 Å². The molecule has 0 spiro atoms. The standard InChI is InChI=1S/C31H38ClN3O5S/c1-20-5-3-4-18-35(20)31(38)23-11-13-24(14-12-23)33-41(39,40)25-15-16-26-27(19-25)34(2)30(29(26)32)22-9-6-21(7-10-22)8-17-28(36)37/h6-7,9-10,15-16,19-20,23-24,33H,3-5,8,11-14,17-18H2,1-2H3,(H,36,37)/t20-,23-,24-/m0/s1. The summed E-state index contributed by atoms with van der Waals surface area (Å²) in [6.07, 6.45) is 6.47. The van der Waals surface area contributed by atoms with E-state index in [-0.39, 0.29) is 35.2 Å². The number of carbonyl (C=O) groups excluding carboxylic acids is 1. The molecule has 1 aromatic heterocycles. The molecule has 5 rings (SSSR count). The van der Waals surface area contributed by atoms with Gasteiger partial charge in [0.25, 0.3) is 0 Å². The SMILES string of the molecule is C[C@H]1CCCCN1C(=O)[C@H]1CC[C@H](NS(=O)(=O)c2ccc3c(Cl)c(-c4ccc(CCC(=O)O)cc4)n(C)c3c2)CC1. The van der Waals surface area contributed by atoms with Gasteiger partial charge in [-0.25, -0.2) is 13.1 Å². The van der Waals surface area contributed by atoms with Crippen molar-refractivity contribution >= 4 is 44.4 Å². The van der Waals surface area contributed by atoms with E-state index in [0.29, 0.717) is 42.6 Å². The highest BCUT2D eigenvalue weighted by Gasteiger charge is 2.34. The number of sulfonamides is 1. The molecule has 3 aromatic rings. The molecule has 0 bridgehead atoms. The lowest BCUT2D eigenvalue weighted by molar-refractivity contribution is -0.140. The number of aromatic nitrogens is 1. The lowest BCUT2D eigenvalue weighted by atomic mass is 9.85. The van der Waals surface area contributed by atoms with E-state index in [9.17, 15) is 18.0 Å². The quantitative estimate of drug-likeness (QED) is 0.342. The number of benzene rings is 2. The molecule has 2 aliphatic rings. The maximum Gasteiger partial charge on any atom is 0.303 e. The van der Waals surface area contributed by atoms with Gasteiger partial charge in [-0.2, -0.15) is 0 Å². The Labute approximate surface area is 246 Å². The number of carbonyl (C=O) groups is 2. The first kappa shape index (κ1) is 29.6. The average Bonchev–Trinajstić information content (AvgIpc) is 3.21. The van der Waals surface area contributed by atoms with E-state index in [4.69, 9.17) is 16.7 Å². The number of likely N-dealkylation sites (tertiary alicyclic amines) is 1. The molecule has 0 radical (unpaired) electrons. The molecule has 1 saturated carbocycles. The van der Waals surface area contributed by atoms with Crippen molar-refractivity contribution in [3.63, 3.8) is 0 Å². The Morgan fingerprint density at radius 1 is 1.02 bits per heavy atom. The van der Waals surface area contributed by atoms with E-state index in [1.807, 2.05) is 40.8 Å². The fourth-order valence-corrected chi connectivity index (χ4v) is 8.06. The highest BCUT2D eigenvalue weighted by Crippen LogP contribution is 2.38. The Balaban J connectivity index is 1.28. The van der Waals surface area contributed by atoms with Gasteiger partial charge in [-0.05, 0) is 87.6 Å². The van der Waals surface area contributed by atoms with Gasteiger partial charge in [0, 0.05) is 43.4 Å². The summed E-state index contributed by atoms with van der Waals surface area (Å²) in [5.74, 6) is -0.630. The number of nitrogens with zero attached hydrogens (tertiary/aromatic N) is 2. The second-order valence-electron chi connectivity index (χ2n) is 11.5. The van der Waals surface area contributed by atoms with Gasteiger partial charge >= 0.3 is 5.97 Å². The average molecular weight is 600 g/mol. The summed E-state index contributed by atoms with van der Waals surface area (Å²) in [5, 5.41) is 10.2. The minimum Gasteiger partial charge on any atom is -0.481 e. The lowest BCUT2D eigenvalue weighted by Gasteiger charge is -2.38. The van der Waals surface area contributed by atoms with Crippen LogP contribution in [0.1, 0.15) is 63.9 Å². The molecule has 2 heterocycles. The first-order chi connectivity index (χ1) is 19.5. The number of nitrogens with one attached hydrogen (secondary N) is 1. The third-order valence-corrected chi connectivity index (χ3v) is 10.7. The molecule has 10 heteroatoms. The van der Waals surface area contributed by atoms with Crippen LogP contribution in [0.3, 0.4) is 0 Å². The second kappa shape index (κ2) is 12.2. The van der Waals surface area contributed by atoms with Crippen molar-refractivity contribution in [3.05, 3.63) is 53.1 Å². The molecular weight excluding hydrogens is 562 g/mol. The first-order valence-corrected chi connectivity index (χ1v) is 16.3. The second-order valence-corrected chi connectivity index (χ2v) is 13.6. The van der Waals surface area contributed by atoms with Crippen LogP contribution in [-0.4, -0.2) is 53.5 Å². The summed E-state index contributed by atoms with van der Waals surface area (Å²) >= 11 is 6.77. The number of amides is 1. The summed E-state index contributed by atoms with van der Waals surface area (Å²) in [6, 6.07) is 12.7. The van der Waals surface area contributed by atoms with E-state index in [0.717, 1.165) is 41.6 Å². The Morgan fingerprint density at radius 2 is 1.73 bits per heavy atom. The van der Waals surface area contributed by atoms with Gasteiger partial charge in [0.05, 0.1) is 21.1 Å². The number of piperidine rings is 1. The van der Waals surface area contributed by atoms with Crippen LogP contribution in [0.5, 0.6) is 0 Å². The maximum absolute atomic E-state index is 13.4. The summed E-state index contributed by atoms with van der Waals surface area (Å²) in [6.45, 7) is 2.95. The summed E-state index contributed by atoms with van der Waals surface area (Å²) in [4.78, 5) is 26.2. The van der Waals surface area contributed by atoms with Gasteiger partial charge in [0.2, 0.25) is 15.9 Å². The Hall–Kier alpha value is -2.88. The first-order valence-electron chi connectivity index (χ1n) is 14.5. The Morgan fingerprint density at radius 3 is 2.39 bits per heavy atom. The number of aryl methyl sites for hydroxylation is 2. The largest absolute Gasteiger partial charge is 0.481 e. The van der Waals surface area contributed by atoms with Crippen molar-refractivity contribution in [2.75, 3.05) is 6.54 Å². The van der Waals surface area contributed by atoms with Crippen molar-refractivity contribution in [2.45, 2.75) is 81.7 Å². The van der Waals surface area contributed by atoms with E-state index < -0.39 is 16.0 Å². The molecule has 2 N–H and O–H groups in total. The van der Waals surface area contributed by atoms with Crippen molar-refractivity contribution in [2.24, 2.45) is 13.0 Å². The summed E-state index contributed by atoms with van der Waals surface area (Å²) in [7, 11) is -1.92. The molecule has 41 heavy (non-hydrogen) atoms. The van der Waals surface area contributed by atoms with E-state index >= 15 is 0 Å². The smallest absolute Gasteiger partial charge is 0.303 e. The van der Waals surface area contributed by atoms with Crippen LogP contribution in [0.15, 0.2) is 47.4 Å². The zero-order chi connectivity index (χ0) is 29.3. The van der Waals surface area contributed by atoms with Gasteiger partial charge in [0.15, 0.2) is 0 Å². The highest BCUT2D eigenvalue weighted by molar-refractivity contribution is 7.89. The topological polar surface area (TPSA) is 109 Å². The fraction of sp³-hybridized carbons (Fsp3) is 0.484. The number of aliphatic carboxylic acids is 1. The van der Waals surface area contributed by atoms with Crippen molar-refractivity contribution in [1.82, 2.24) is 14.2 Å². The predicted molar refractivity (Wildman–Crippen MR) is 160 cm³/mol. The molecule has 220 valence electrons. The van der Waals surface area contributed by atoms with Crippen LogP contribution in [0.4, 0.5) is 0 Å².